The molecule has 0 atom stereocenters. The summed E-state index contributed by atoms with van der Waals surface area (Å²) in [7, 11) is -3.53. The van der Waals surface area contributed by atoms with Crippen LogP contribution in [0.3, 0.4) is 0 Å². The summed E-state index contributed by atoms with van der Waals surface area (Å²) in [4.78, 5) is 27.5. The highest BCUT2D eigenvalue weighted by Crippen LogP contribution is 2.21. The minimum atomic E-state index is -3.53. The second-order valence-electron chi connectivity index (χ2n) is 7.39. The summed E-state index contributed by atoms with van der Waals surface area (Å²) < 4.78 is 27.3. The summed E-state index contributed by atoms with van der Waals surface area (Å²) in [6, 6.07) is 15.0. The fourth-order valence-electron chi connectivity index (χ4n) is 3.74. The molecule has 0 saturated carbocycles. The Kier molecular flexibility index (Phi) is 5.69. The Hall–Kier alpha value is -2.97. The summed E-state index contributed by atoms with van der Waals surface area (Å²) >= 11 is 0. The first-order valence-corrected chi connectivity index (χ1v) is 11.4. The van der Waals surface area contributed by atoms with E-state index in [1.165, 1.54) is 10.4 Å². The van der Waals surface area contributed by atoms with Gasteiger partial charge >= 0.3 is 0 Å². The van der Waals surface area contributed by atoms with Gasteiger partial charge in [0, 0.05) is 36.6 Å². The van der Waals surface area contributed by atoms with Crippen LogP contribution in [0.25, 0.3) is 10.9 Å². The van der Waals surface area contributed by atoms with E-state index in [1.54, 1.807) is 48.5 Å². The molecule has 2 N–H and O–H groups in total. The second kappa shape index (κ2) is 8.41. The number of aromatic nitrogens is 1. The number of H-pyrrole nitrogens is 1. The lowest BCUT2D eigenvalue weighted by Crippen LogP contribution is -2.35. The molecule has 1 aromatic heterocycles. The van der Waals surface area contributed by atoms with Crippen molar-refractivity contribution in [1.82, 2.24) is 14.6 Å². The van der Waals surface area contributed by atoms with Gasteiger partial charge in [0.05, 0.1) is 10.5 Å². The maximum Gasteiger partial charge on any atom is 0.252 e. The van der Waals surface area contributed by atoms with Gasteiger partial charge in [-0.2, -0.15) is 4.31 Å². The number of hydrogen-bond donors (Lipinski definition) is 2. The van der Waals surface area contributed by atoms with Crippen molar-refractivity contribution >= 4 is 26.8 Å². The van der Waals surface area contributed by atoms with Gasteiger partial charge in [-0.25, -0.2) is 8.42 Å². The molecule has 1 aliphatic rings. The van der Waals surface area contributed by atoms with Crippen molar-refractivity contribution in [3.8, 4) is 0 Å². The molecule has 7 nitrogen and oxygen atoms in total. The van der Waals surface area contributed by atoms with Crippen molar-refractivity contribution in [2.24, 2.45) is 0 Å². The van der Waals surface area contributed by atoms with Crippen LogP contribution >= 0.6 is 0 Å². The molecule has 0 bridgehead atoms. The number of nitrogens with one attached hydrogen (secondary N) is 2. The van der Waals surface area contributed by atoms with Gasteiger partial charge in [0.2, 0.25) is 15.6 Å². The Morgan fingerprint density at radius 2 is 1.77 bits per heavy atom. The number of benzene rings is 2. The molecule has 2 aromatic carbocycles. The summed E-state index contributed by atoms with van der Waals surface area (Å²) in [6.07, 6.45) is 2.80. The molecule has 1 aliphatic heterocycles. The number of carbonyl (C=O) groups excluding carboxylic acids is 1. The molecular formula is C22H23N3O4S. The van der Waals surface area contributed by atoms with E-state index in [4.69, 9.17) is 0 Å². The molecule has 0 spiro atoms. The molecule has 0 aliphatic carbocycles. The maximum atomic E-state index is 12.9. The lowest BCUT2D eigenvalue weighted by Gasteiger charge is -2.26. The molecule has 2 heterocycles. The molecule has 4 rings (SSSR count). The van der Waals surface area contributed by atoms with Crippen LogP contribution in [-0.2, 0) is 16.6 Å². The van der Waals surface area contributed by atoms with Gasteiger partial charge in [-0.3, -0.25) is 9.59 Å². The van der Waals surface area contributed by atoms with Gasteiger partial charge in [-0.1, -0.05) is 36.8 Å². The highest BCUT2D eigenvalue weighted by Gasteiger charge is 2.26. The number of sulfonamides is 1. The fraction of sp³-hybridized carbons (Fsp3) is 0.273. The van der Waals surface area contributed by atoms with Gasteiger partial charge in [0.1, 0.15) is 0 Å². The molecule has 30 heavy (non-hydrogen) atoms. The number of carbonyl (C=O) groups is 1. The average Bonchev–Trinajstić information content (AvgIpc) is 2.77. The van der Waals surface area contributed by atoms with E-state index in [2.05, 4.69) is 10.3 Å². The van der Waals surface area contributed by atoms with E-state index in [0.717, 1.165) is 19.3 Å². The zero-order valence-electron chi connectivity index (χ0n) is 16.4. The molecule has 1 saturated heterocycles. The number of rotatable bonds is 5. The third kappa shape index (κ3) is 4.15. The lowest BCUT2D eigenvalue weighted by molar-refractivity contribution is 0.0952. The van der Waals surface area contributed by atoms with Crippen LogP contribution in [0, 0.1) is 0 Å². The van der Waals surface area contributed by atoms with E-state index in [-0.39, 0.29) is 28.5 Å². The molecule has 0 radical (unpaired) electrons. The number of piperidine rings is 1. The van der Waals surface area contributed by atoms with Crippen molar-refractivity contribution in [1.29, 1.82) is 0 Å². The van der Waals surface area contributed by atoms with E-state index in [1.807, 2.05) is 0 Å². The van der Waals surface area contributed by atoms with Gasteiger partial charge in [-0.15, -0.1) is 0 Å². The van der Waals surface area contributed by atoms with E-state index >= 15 is 0 Å². The van der Waals surface area contributed by atoms with Crippen molar-refractivity contribution in [3.05, 3.63) is 76.1 Å². The van der Waals surface area contributed by atoms with Crippen LogP contribution in [0.4, 0.5) is 0 Å². The first kappa shape index (κ1) is 20.3. The van der Waals surface area contributed by atoms with Crippen molar-refractivity contribution in [2.45, 2.75) is 30.7 Å². The third-order valence-corrected chi connectivity index (χ3v) is 7.19. The number of pyridine rings is 1. The first-order chi connectivity index (χ1) is 14.4. The maximum absolute atomic E-state index is 12.9. The zero-order valence-corrected chi connectivity index (χ0v) is 17.2. The molecule has 156 valence electrons. The third-order valence-electron chi connectivity index (χ3n) is 5.30. The molecule has 1 amide bonds. The minimum absolute atomic E-state index is 0.156. The summed E-state index contributed by atoms with van der Waals surface area (Å²) in [5, 5.41) is 3.44. The summed E-state index contributed by atoms with van der Waals surface area (Å²) in [5.74, 6) is -0.387. The molecule has 3 aromatic rings. The number of amides is 1. The molecule has 0 unspecified atom stereocenters. The van der Waals surface area contributed by atoms with Crippen LogP contribution in [0.1, 0.15) is 35.2 Å². The van der Waals surface area contributed by atoms with Crippen LogP contribution in [-0.4, -0.2) is 36.7 Å². The Bertz CT molecular complexity index is 1240. The van der Waals surface area contributed by atoms with E-state index in [9.17, 15) is 18.0 Å². The molecule has 8 heteroatoms. The van der Waals surface area contributed by atoms with Gasteiger partial charge in [-0.05, 0) is 36.6 Å². The Balaban J connectivity index is 1.53. The number of hydrogen-bond acceptors (Lipinski definition) is 4. The van der Waals surface area contributed by atoms with Gasteiger partial charge < -0.3 is 10.3 Å². The largest absolute Gasteiger partial charge is 0.348 e. The Morgan fingerprint density at radius 3 is 2.57 bits per heavy atom. The Morgan fingerprint density at radius 1 is 1.00 bits per heavy atom. The average molecular weight is 426 g/mol. The zero-order chi connectivity index (χ0) is 21.1. The van der Waals surface area contributed by atoms with Crippen molar-refractivity contribution in [2.75, 3.05) is 13.1 Å². The smallest absolute Gasteiger partial charge is 0.252 e. The molecular weight excluding hydrogens is 402 g/mol. The van der Waals surface area contributed by atoms with Crippen molar-refractivity contribution < 1.29 is 13.2 Å². The lowest BCUT2D eigenvalue weighted by atomic mass is 10.1. The van der Waals surface area contributed by atoms with E-state index < -0.39 is 10.0 Å². The number of fused-ring (bicyclic) bond motifs is 1. The molecule has 1 fully saturated rings. The quantitative estimate of drug-likeness (QED) is 0.656. The monoisotopic (exact) mass is 425 g/mol. The van der Waals surface area contributed by atoms with Crippen LogP contribution < -0.4 is 10.9 Å². The predicted octanol–water partition coefficient (Wildman–Crippen LogP) is 2.63. The number of nitrogens with zero attached hydrogens (tertiary/aromatic N) is 1. The topological polar surface area (TPSA) is 99.3 Å². The second-order valence-corrected chi connectivity index (χ2v) is 9.33. The SMILES string of the molecule is O=C(NCc1cccc(S(=O)(=O)N2CCCCC2)c1)c1cc(=O)[nH]c2ccccc12. The standard InChI is InChI=1S/C22H23N3O4S/c26-21-14-19(18-9-2-3-10-20(18)24-21)22(27)23-15-16-7-6-8-17(13-16)30(28,29)25-11-4-1-5-12-25/h2-3,6-10,13-14H,1,4-5,11-12,15H2,(H,23,27)(H,24,26). The number of para-hydroxylation sites is 1. The highest BCUT2D eigenvalue weighted by atomic mass is 32.2. The Labute approximate surface area is 174 Å². The van der Waals surface area contributed by atoms with Crippen molar-refractivity contribution in [3.63, 3.8) is 0 Å². The van der Waals surface area contributed by atoms with Crippen LogP contribution in [0.2, 0.25) is 0 Å². The van der Waals surface area contributed by atoms with Gasteiger partial charge in [0.25, 0.3) is 5.91 Å². The van der Waals surface area contributed by atoms with Crippen LogP contribution in [0.5, 0.6) is 0 Å². The first-order valence-electron chi connectivity index (χ1n) is 9.94. The summed E-state index contributed by atoms with van der Waals surface area (Å²) in [5.41, 5.74) is 1.19. The minimum Gasteiger partial charge on any atom is -0.348 e. The fourth-order valence-corrected chi connectivity index (χ4v) is 5.33. The highest BCUT2D eigenvalue weighted by molar-refractivity contribution is 7.89. The predicted molar refractivity (Wildman–Crippen MR) is 115 cm³/mol. The van der Waals surface area contributed by atoms with Gasteiger partial charge in [0.15, 0.2) is 0 Å². The summed E-state index contributed by atoms with van der Waals surface area (Å²) in [6.45, 7) is 1.24. The normalized spacial score (nSPS) is 15.2. The number of aromatic amines is 1. The van der Waals surface area contributed by atoms with Crippen LogP contribution in [0.15, 0.2) is 64.3 Å². The van der Waals surface area contributed by atoms with E-state index in [0.29, 0.717) is 29.6 Å².